The Bertz CT molecular complexity index is 397. The molecule has 0 radical (unpaired) electrons. The van der Waals surface area contributed by atoms with Gasteiger partial charge in [-0.15, -0.1) is 11.3 Å². The molecule has 86 valence electrons. The molecule has 3 rings (SSSR count). The fourth-order valence-electron chi connectivity index (χ4n) is 2.22. The van der Waals surface area contributed by atoms with Gasteiger partial charge in [0.05, 0.1) is 0 Å². The van der Waals surface area contributed by atoms with Crippen molar-refractivity contribution < 1.29 is 4.79 Å². The summed E-state index contributed by atoms with van der Waals surface area (Å²) in [4.78, 5) is 13.2. The van der Waals surface area contributed by atoms with Crippen LogP contribution in [-0.4, -0.2) is 18.5 Å². The molecule has 3 nitrogen and oxygen atoms in total. The zero-order valence-corrected chi connectivity index (χ0v) is 9.98. The molecule has 1 aromatic heterocycles. The highest BCUT2D eigenvalue weighted by Crippen LogP contribution is 2.29. The van der Waals surface area contributed by atoms with Gasteiger partial charge >= 0.3 is 0 Å². The van der Waals surface area contributed by atoms with Crippen molar-refractivity contribution in [3.8, 4) is 0 Å². The Labute approximate surface area is 99.2 Å². The van der Waals surface area contributed by atoms with E-state index in [-0.39, 0.29) is 11.9 Å². The summed E-state index contributed by atoms with van der Waals surface area (Å²) in [6.45, 7) is 0.995. The largest absolute Gasteiger partial charge is 0.353 e. The van der Waals surface area contributed by atoms with Crippen molar-refractivity contribution in [3.63, 3.8) is 0 Å². The summed E-state index contributed by atoms with van der Waals surface area (Å²) in [5.41, 5.74) is 1.34. The smallest absolute Gasteiger partial charge is 0.222 e. The van der Waals surface area contributed by atoms with Crippen LogP contribution in [0.25, 0.3) is 0 Å². The third-order valence-electron chi connectivity index (χ3n) is 3.23. The van der Waals surface area contributed by atoms with E-state index in [9.17, 15) is 4.79 Å². The second-order valence-electron chi connectivity index (χ2n) is 4.60. The number of hydrogen-bond donors (Lipinski definition) is 2. The van der Waals surface area contributed by atoms with Gasteiger partial charge in [0.15, 0.2) is 0 Å². The maximum atomic E-state index is 11.7. The number of nitrogens with one attached hydrogen (secondary N) is 2. The first-order valence-corrected chi connectivity index (χ1v) is 6.80. The Hall–Kier alpha value is -0.870. The van der Waals surface area contributed by atoms with E-state index in [0.717, 1.165) is 25.8 Å². The van der Waals surface area contributed by atoms with Gasteiger partial charge in [0.25, 0.3) is 0 Å². The fourth-order valence-corrected chi connectivity index (χ4v) is 3.16. The van der Waals surface area contributed by atoms with E-state index in [1.165, 1.54) is 10.4 Å². The zero-order valence-electron chi connectivity index (χ0n) is 9.16. The molecule has 2 aliphatic rings. The molecule has 0 spiro atoms. The van der Waals surface area contributed by atoms with Gasteiger partial charge in [-0.3, -0.25) is 4.79 Å². The number of thiophene rings is 1. The lowest BCUT2D eigenvalue weighted by molar-refractivity contribution is -0.121. The van der Waals surface area contributed by atoms with Crippen LogP contribution in [0.2, 0.25) is 0 Å². The molecule has 16 heavy (non-hydrogen) atoms. The summed E-state index contributed by atoms with van der Waals surface area (Å²) in [7, 11) is 0. The number of amides is 1. The molecule has 1 aliphatic carbocycles. The fraction of sp³-hybridized carbons (Fsp3) is 0.583. The summed E-state index contributed by atoms with van der Waals surface area (Å²) < 4.78 is 0. The van der Waals surface area contributed by atoms with Gasteiger partial charge in [0, 0.05) is 29.9 Å². The maximum Gasteiger partial charge on any atom is 0.222 e. The van der Waals surface area contributed by atoms with Gasteiger partial charge < -0.3 is 10.6 Å². The van der Waals surface area contributed by atoms with Crippen LogP contribution in [0, 0.1) is 0 Å². The van der Waals surface area contributed by atoms with Crippen molar-refractivity contribution in [2.24, 2.45) is 0 Å². The first-order valence-electron chi connectivity index (χ1n) is 5.92. The molecule has 1 saturated carbocycles. The average molecular weight is 236 g/mol. The zero-order chi connectivity index (χ0) is 11.0. The number of carbonyl (C=O) groups is 1. The number of rotatable bonds is 3. The van der Waals surface area contributed by atoms with Crippen LogP contribution >= 0.6 is 11.3 Å². The Kier molecular flexibility index (Phi) is 2.69. The highest BCUT2D eigenvalue weighted by molar-refractivity contribution is 7.10. The lowest BCUT2D eigenvalue weighted by Gasteiger charge is -2.23. The Balaban J connectivity index is 1.65. The van der Waals surface area contributed by atoms with Crippen molar-refractivity contribution in [3.05, 3.63) is 21.9 Å². The van der Waals surface area contributed by atoms with Crippen LogP contribution in [0.5, 0.6) is 0 Å². The Morgan fingerprint density at radius 1 is 1.56 bits per heavy atom. The first kappa shape index (κ1) is 10.3. The SMILES string of the molecule is O=C(CC1NCCc2sccc21)NC1CC1. The van der Waals surface area contributed by atoms with Crippen molar-refractivity contribution >= 4 is 17.2 Å². The van der Waals surface area contributed by atoms with Gasteiger partial charge in [0.2, 0.25) is 5.91 Å². The predicted molar refractivity (Wildman–Crippen MR) is 64.5 cm³/mol. The minimum absolute atomic E-state index is 0.194. The second-order valence-corrected chi connectivity index (χ2v) is 5.60. The Morgan fingerprint density at radius 2 is 2.44 bits per heavy atom. The molecule has 0 saturated heterocycles. The van der Waals surface area contributed by atoms with Gasteiger partial charge in [0.1, 0.15) is 0 Å². The third-order valence-corrected chi connectivity index (χ3v) is 4.23. The lowest BCUT2D eigenvalue weighted by Crippen LogP contribution is -2.34. The van der Waals surface area contributed by atoms with Crippen molar-refractivity contribution in [2.75, 3.05) is 6.54 Å². The average Bonchev–Trinajstić information content (AvgIpc) is 2.94. The van der Waals surface area contributed by atoms with Crippen LogP contribution in [0.4, 0.5) is 0 Å². The maximum absolute atomic E-state index is 11.7. The molecule has 2 heterocycles. The van der Waals surface area contributed by atoms with E-state index < -0.39 is 0 Å². The molecule has 1 amide bonds. The molecule has 0 aromatic carbocycles. The first-order chi connectivity index (χ1) is 7.83. The van der Waals surface area contributed by atoms with E-state index in [1.54, 1.807) is 0 Å². The van der Waals surface area contributed by atoms with Crippen LogP contribution in [-0.2, 0) is 11.2 Å². The highest BCUT2D eigenvalue weighted by atomic mass is 32.1. The summed E-state index contributed by atoms with van der Waals surface area (Å²) >= 11 is 1.81. The van der Waals surface area contributed by atoms with E-state index in [1.807, 2.05) is 11.3 Å². The summed E-state index contributed by atoms with van der Waals surface area (Å²) in [6, 6.07) is 2.85. The molecule has 1 aliphatic heterocycles. The molecule has 1 fully saturated rings. The summed E-state index contributed by atoms with van der Waals surface area (Å²) in [5.74, 6) is 0.194. The monoisotopic (exact) mass is 236 g/mol. The second kappa shape index (κ2) is 4.18. The molecular formula is C12H16N2OS. The van der Waals surface area contributed by atoms with Gasteiger partial charge in [-0.2, -0.15) is 0 Å². The number of carbonyl (C=O) groups excluding carboxylic acids is 1. The quantitative estimate of drug-likeness (QED) is 0.837. The van der Waals surface area contributed by atoms with Gasteiger partial charge in [-0.1, -0.05) is 0 Å². The number of fused-ring (bicyclic) bond motifs is 1. The third kappa shape index (κ3) is 2.13. The summed E-state index contributed by atoms with van der Waals surface area (Å²) in [6.07, 6.45) is 4.01. The van der Waals surface area contributed by atoms with E-state index in [2.05, 4.69) is 22.1 Å². The molecular weight excluding hydrogens is 220 g/mol. The standard InChI is InChI=1S/C12H16N2OS/c15-12(14-8-1-2-8)7-10-9-4-6-16-11(9)3-5-13-10/h4,6,8,10,13H,1-3,5,7H2,(H,14,15). The van der Waals surface area contributed by atoms with E-state index in [4.69, 9.17) is 0 Å². The van der Waals surface area contributed by atoms with E-state index in [0.29, 0.717) is 12.5 Å². The predicted octanol–water partition coefficient (Wildman–Crippen LogP) is 1.60. The Morgan fingerprint density at radius 3 is 3.25 bits per heavy atom. The van der Waals surface area contributed by atoms with Crippen LogP contribution in [0.1, 0.15) is 35.7 Å². The van der Waals surface area contributed by atoms with Crippen molar-refractivity contribution in [1.29, 1.82) is 0 Å². The minimum Gasteiger partial charge on any atom is -0.353 e. The van der Waals surface area contributed by atoms with Crippen molar-refractivity contribution in [2.45, 2.75) is 37.8 Å². The molecule has 2 N–H and O–H groups in total. The number of hydrogen-bond acceptors (Lipinski definition) is 3. The van der Waals surface area contributed by atoms with Crippen molar-refractivity contribution in [1.82, 2.24) is 10.6 Å². The van der Waals surface area contributed by atoms with E-state index >= 15 is 0 Å². The van der Waals surface area contributed by atoms with Crippen LogP contribution in [0.3, 0.4) is 0 Å². The molecule has 1 aromatic rings. The topological polar surface area (TPSA) is 41.1 Å². The van der Waals surface area contributed by atoms with Gasteiger partial charge in [-0.25, -0.2) is 0 Å². The normalized spacial score (nSPS) is 23.9. The molecule has 0 bridgehead atoms. The molecule has 4 heteroatoms. The molecule has 1 unspecified atom stereocenters. The highest BCUT2D eigenvalue weighted by Gasteiger charge is 2.27. The lowest BCUT2D eigenvalue weighted by atomic mass is 9.99. The minimum atomic E-state index is 0.194. The van der Waals surface area contributed by atoms with Crippen LogP contribution in [0.15, 0.2) is 11.4 Å². The summed E-state index contributed by atoms with van der Waals surface area (Å²) in [5, 5.41) is 8.61. The molecule has 1 atom stereocenters. The van der Waals surface area contributed by atoms with Crippen LogP contribution < -0.4 is 10.6 Å². The van der Waals surface area contributed by atoms with Gasteiger partial charge in [-0.05, 0) is 36.3 Å².